The summed E-state index contributed by atoms with van der Waals surface area (Å²) in [5.74, 6) is -1.20. The topological polar surface area (TPSA) is 101 Å². The van der Waals surface area contributed by atoms with E-state index < -0.39 is 26.7 Å². The highest BCUT2D eigenvalue weighted by molar-refractivity contribution is 8.05. The van der Waals surface area contributed by atoms with E-state index >= 15 is 0 Å². The van der Waals surface area contributed by atoms with E-state index in [1.54, 1.807) is 6.07 Å². The van der Waals surface area contributed by atoms with Crippen LogP contribution < -0.4 is 5.73 Å². The molecular formula is C5H8N2O3S. The molecule has 1 amide bonds. The van der Waals surface area contributed by atoms with Crippen molar-refractivity contribution in [1.82, 2.24) is 0 Å². The number of carbonyl (C=O) groups excluding carboxylic acids is 1. The molecule has 0 aliphatic carbocycles. The predicted molar refractivity (Wildman–Crippen MR) is 38.1 cm³/mol. The summed E-state index contributed by atoms with van der Waals surface area (Å²) in [6, 6.07) is 1.69. The van der Waals surface area contributed by atoms with Crippen molar-refractivity contribution < 1.29 is 13.2 Å². The Balaban J connectivity index is 4.42. The molecule has 62 valence electrons. The molecular weight excluding hydrogens is 168 g/mol. The zero-order valence-electron chi connectivity index (χ0n) is 5.94. The first kappa shape index (κ1) is 9.91. The van der Waals surface area contributed by atoms with Gasteiger partial charge in [0.1, 0.15) is 0 Å². The smallest absolute Gasteiger partial charge is 0.333 e. The van der Waals surface area contributed by atoms with Crippen molar-refractivity contribution in [3.8, 4) is 6.07 Å². The maximum Gasteiger partial charge on any atom is 0.333 e. The molecule has 0 bridgehead atoms. The van der Waals surface area contributed by atoms with Gasteiger partial charge in [-0.05, 0) is 6.92 Å². The van der Waals surface area contributed by atoms with Crippen molar-refractivity contribution in [2.45, 2.75) is 6.92 Å². The molecule has 0 aromatic heterocycles. The van der Waals surface area contributed by atoms with Crippen molar-refractivity contribution in [2.24, 2.45) is 11.7 Å². The second-order valence-corrected chi connectivity index (χ2v) is 4.10. The van der Waals surface area contributed by atoms with Gasteiger partial charge in [-0.15, -0.1) is 0 Å². The van der Waals surface area contributed by atoms with Crippen LogP contribution in [0.5, 0.6) is 0 Å². The van der Waals surface area contributed by atoms with E-state index in [-0.39, 0.29) is 0 Å². The zero-order chi connectivity index (χ0) is 9.07. The quantitative estimate of drug-likeness (QED) is 0.620. The fourth-order valence-electron chi connectivity index (χ4n) is 0.449. The Morgan fingerprint density at radius 1 is 1.73 bits per heavy atom. The Bertz CT molecular complexity index is 287. The maximum absolute atomic E-state index is 10.7. The molecule has 0 aromatic rings. The van der Waals surface area contributed by atoms with E-state index in [0.717, 1.165) is 0 Å². The summed E-state index contributed by atoms with van der Waals surface area (Å²) in [4.78, 5) is 10.2. The lowest BCUT2D eigenvalue weighted by Gasteiger charge is -1.99. The Morgan fingerprint density at radius 2 is 2.18 bits per heavy atom. The van der Waals surface area contributed by atoms with Gasteiger partial charge in [-0.2, -0.15) is 5.26 Å². The Kier molecular flexibility index (Phi) is 3.01. The normalized spacial score (nSPS) is 13.5. The van der Waals surface area contributed by atoms with Gasteiger partial charge in [-0.25, -0.2) is 8.42 Å². The van der Waals surface area contributed by atoms with Crippen LogP contribution in [0, 0.1) is 17.2 Å². The van der Waals surface area contributed by atoms with Crippen LogP contribution in [0.1, 0.15) is 6.92 Å². The van der Waals surface area contributed by atoms with E-state index in [9.17, 15) is 13.2 Å². The van der Waals surface area contributed by atoms with Crippen LogP contribution in [0.25, 0.3) is 0 Å². The first-order valence-corrected chi connectivity index (χ1v) is 4.47. The van der Waals surface area contributed by atoms with Crippen LogP contribution in [0.3, 0.4) is 0 Å². The van der Waals surface area contributed by atoms with Gasteiger partial charge < -0.3 is 5.73 Å². The molecule has 0 saturated heterocycles. The molecule has 0 spiro atoms. The van der Waals surface area contributed by atoms with Crippen molar-refractivity contribution in [2.75, 3.05) is 5.75 Å². The SMILES string of the molecule is CC(C#N)CS(=O)(=O)C(N)=O. The van der Waals surface area contributed by atoms with Gasteiger partial charge in [-0.1, -0.05) is 0 Å². The van der Waals surface area contributed by atoms with Crippen LogP contribution in [-0.2, 0) is 9.84 Å². The highest BCUT2D eigenvalue weighted by atomic mass is 32.2. The third-order valence-corrected chi connectivity index (χ3v) is 2.55. The summed E-state index contributed by atoms with van der Waals surface area (Å²) in [5, 5.41) is 6.84. The van der Waals surface area contributed by atoms with Gasteiger partial charge in [0, 0.05) is 0 Å². The van der Waals surface area contributed by atoms with Crippen LogP contribution >= 0.6 is 0 Å². The molecule has 1 atom stereocenters. The lowest BCUT2D eigenvalue weighted by molar-refractivity contribution is 0.265. The summed E-state index contributed by atoms with van der Waals surface area (Å²) in [6.45, 7) is 1.40. The second kappa shape index (κ2) is 3.34. The molecule has 0 rings (SSSR count). The molecule has 2 N–H and O–H groups in total. The number of hydrogen-bond donors (Lipinski definition) is 1. The number of nitrogens with two attached hydrogens (primary N) is 1. The number of rotatable bonds is 2. The van der Waals surface area contributed by atoms with Gasteiger partial charge in [0.15, 0.2) is 0 Å². The Hall–Kier alpha value is -1.09. The lowest BCUT2D eigenvalue weighted by atomic mass is 10.3. The molecule has 0 heterocycles. The third kappa shape index (κ3) is 3.00. The van der Waals surface area contributed by atoms with E-state index in [0.29, 0.717) is 0 Å². The number of primary amides is 1. The molecule has 0 aliphatic heterocycles. The van der Waals surface area contributed by atoms with E-state index in [1.165, 1.54) is 6.92 Å². The number of amides is 1. The summed E-state index contributed by atoms with van der Waals surface area (Å²) in [7, 11) is -3.89. The van der Waals surface area contributed by atoms with Gasteiger partial charge in [0.05, 0.1) is 17.7 Å². The summed E-state index contributed by atoms with van der Waals surface area (Å²) >= 11 is 0. The highest BCUT2D eigenvalue weighted by Gasteiger charge is 2.21. The first-order chi connectivity index (χ1) is 4.90. The van der Waals surface area contributed by atoms with Crippen LogP contribution in [0.15, 0.2) is 0 Å². The number of hydrogen-bond acceptors (Lipinski definition) is 4. The summed E-state index contributed by atoms with van der Waals surface area (Å²) in [6.07, 6.45) is 0. The summed E-state index contributed by atoms with van der Waals surface area (Å²) in [5.41, 5.74) is 4.54. The highest BCUT2D eigenvalue weighted by Crippen LogP contribution is 1.99. The molecule has 11 heavy (non-hydrogen) atoms. The standard InChI is InChI=1S/C5H8N2O3S/c1-4(2-6)3-11(9,10)5(7)8/h4H,3H2,1H3,(H2,7,8). The van der Waals surface area contributed by atoms with Gasteiger partial charge in [0.25, 0.3) is 0 Å². The van der Waals surface area contributed by atoms with E-state index in [2.05, 4.69) is 5.73 Å². The molecule has 1 unspecified atom stereocenters. The molecule has 0 radical (unpaired) electrons. The Labute approximate surface area is 64.7 Å². The average molecular weight is 176 g/mol. The predicted octanol–water partition coefficient (Wildman–Crippen LogP) is -0.360. The third-order valence-electron chi connectivity index (χ3n) is 0.996. The van der Waals surface area contributed by atoms with Crippen LogP contribution in [-0.4, -0.2) is 19.4 Å². The molecule has 0 aromatic carbocycles. The minimum Gasteiger partial charge on any atom is -0.356 e. The average Bonchev–Trinajstić information content (AvgIpc) is 1.86. The number of carbonyl (C=O) groups is 1. The maximum atomic E-state index is 10.7. The second-order valence-electron chi connectivity index (χ2n) is 2.13. The number of nitrogens with zero attached hydrogens (tertiary/aromatic N) is 1. The molecule has 0 saturated carbocycles. The van der Waals surface area contributed by atoms with Crippen LogP contribution in [0.2, 0.25) is 0 Å². The first-order valence-electron chi connectivity index (χ1n) is 2.82. The minimum atomic E-state index is -3.89. The molecule has 0 aliphatic rings. The van der Waals surface area contributed by atoms with E-state index in [4.69, 9.17) is 5.26 Å². The van der Waals surface area contributed by atoms with Crippen LogP contribution in [0.4, 0.5) is 4.79 Å². The lowest BCUT2D eigenvalue weighted by Crippen LogP contribution is -2.26. The molecule has 0 fully saturated rings. The zero-order valence-corrected chi connectivity index (χ0v) is 6.76. The summed E-state index contributed by atoms with van der Waals surface area (Å²) < 4.78 is 21.3. The molecule has 5 nitrogen and oxygen atoms in total. The number of nitriles is 1. The van der Waals surface area contributed by atoms with Crippen molar-refractivity contribution >= 4 is 15.1 Å². The Morgan fingerprint density at radius 3 is 2.45 bits per heavy atom. The fourth-order valence-corrected chi connectivity index (χ4v) is 1.35. The molecule has 6 heteroatoms. The monoisotopic (exact) mass is 176 g/mol. The number of sulfone groups is 1. The van der Waals surface area contributed by atoms with Crippen molar-refractivity contribution in [3.63, 3.8) is 0 Å². The van der Waals surface area contributed by atoms with E-state index in [1.807, 2.05) is 0 Å². The van der Waals surface area contributed by atoms with Crippen molar-refractivity contribution in [3.05, 3.63) is 0 Å². The van der Waals surface area contributed by atoms with Crippen molar-refractivity contribution in [1.29, 1.82) is 5.26 Å². The van der Waals surface area contributed by atoms with Gasteiger partial charge in [-0.3, -0.25) is 4.79 Å². The largest absolute Gasteiger partial charge is 0.356 e. The van der Waals surface area contributed by atoms with Gasteiger partial charge >= 0.3 is 5.24 Å². The minimum absolute atomic E-state index is 0.501. The van der Waals surface area contributed by atoms with Gasteiger partial charge in [0.2, 0.25) is 9.84 Å². The fraction of sp³-hybridized carbons (Fsp3) is 0.600.